The van der Waals surface area contributed by atoms with Crippen molar-refractivity contribution in [3.8, 4) is 0 Å². The van der Waals surface area contributed by atoms with Gasteiger partial charge in [0.2, 0.25) is 0 Å². The van der Waals surface area contributed by atoms with Gasteiger partial charge in [0.05, 0.1) is 26.4 Å². The number of esters is 1. The van der Waals surface area contributed by atoms with E-state index in [1.54, 1.807) is 0 Å². The first-order chi connectivity index (χ1) is 23.8. The van der Waals surface area contributed by atoms with Crippen LogP contribution in [0.3, 0.4) is 0 Å². The maximum Gasteiger partial charge on any atom is 0.472 e. The molecular formula is C39H79O9P. The van der Waals surface area contributed by atoms with E-state index in [4.69, 9.17) is 23.6 Å². The lowest BCUT2D eigenvalue weighted by atomic mass is 10.0. The Morgan fingerprint density at radius 3 is 1.33 bits per heavy atom. The van der Waals surface area contributed by atoms with Crippen molar-refractivity contribution in [2.24, 2.45) is 0 Å². The van der Waals surface area contributed by atoms with Gasteiger partial charge < -0.3 is 24.6 Å². The largest absolute Gasteiger partial charge is 0.472 e. The number of phosphoric ester groups is 1. The molecule has 3 unspecified atom stereocenters. The minimum atomic E-state index is -4.50. The highest BCUT2D eigenvalue weighted by atomic mass is 31.2. The zero-order valence-electron chi connectivity index (χ0n) is 31.9. The zero-order valence-corrected chi connectivity index (χ0v) is 32.8. The normalized spacial score (nSPS) is 14.1. The van der Waals surface area contributed by atoms with Crippen molar-refractivity contribution in [1.82, 2.24) is 0 Å². The van der Waals surface area contributed by atoms with Crippen LogP contribution in [0.25, 0.3) is 0 Å². The quantitative estimate of drug-likeness (QED) is 0.0321. The minimum absolute atomic E-state index is 0.0568. The Kier molecular flexibility index (Phi) is 36.8. The summed E-state index contributed by atoms with van der Waals surface area (Å²) in [4.78, 5) is 22.3. The second-order valence-corrected chi connectivity index (χ2v) is 15.5. The number of rotatable bonds is 40. The maximum absolute atomic E-state index is 12.4. The molecule has 0 rings (SSSR count). The highest BCUT2D eigenvalue weighted by Crippen LogP contribution is 2.43. The Balaban J connectivity index is 3.95. The molecule has 0 amide bonds. The molecule has 9 nitrogen and oxygen atoms in total. The topological polar surface area (TPSA) is 132 Å². The predicted octanol–water partition coefficient (Wildman–Crippen LogP) is 10.8. The molecule has 3 atom stereocenters. The number of aliphatic hydroxyl groups excluding tert-OH is 2. The number of unbranched alkanes of at least 4 members (excludes halogenated alkanes) is 26. The smallest absolute Gasteiger partial charge is 0.457 e. The summed E-state index contributed by atoms with van der Waals surface area (Å²) < 4.78 is 33.2. The van der Waals surface area contributed by atoms with Gasteiger partial charge in [-0.15, -0.1) is 0 Å². The standard InChI is InChI=1S/C39H79O9P/c1-3-5-7-9-11-12-13-14-15-16-17-18-19-20-21-22-23-24-26-28-30-32-45-35-38(36-47-49(43,44)46-34-37(41)33-40)48-39(42)31-29-27-25-10-8-6-4-2/h37-38,40-41H,3-36H2,1-2H3,(H,43,44). The molecule has 294 valence electrons. The van der Waals surface area contributed by atoms with E-state index in [0.717, 1.165) is 32.1 Å². The Hall–Kier alpha value is -0.540. The van der Waals surface area contributed by atoms with Crippen molar-refractivity contribution in [1.29, 1.82) is 0 Å². The molecule has 10 heteroatoms. The highest BCUT2D eigenvalue weighted by molar-refractivity contribution is 7.47. The van der Waals surface area contributed by atoms with Crippen molar-refractivity contribution in [3.05, 3.63) is 0 Å². The average molecular weight is 723 g/mol. The van der Waals surface area contributed by atoms with Gasteiger partial charge in [0.15, 0.2) is 0 Å². The molecule has 0 fully saturated rings. The third-order valence-corrected chi connectivity index (χ3v) is 9.99. The third kappa shape index (κ3) is 37.0. The Morgan fingerprint density at radius 2 is 0.918 bits per heavy atom. The van der Waals surface area contributed by atoms with Gasteiger partial charge in [-0.2, -0.15) is 0 Å². The van der Waals surface area contributed by atoms with E-state index >= 15 is 0 Å². The van der Waals surface area contributed by atoms with Crippen LogP contribution in [0.4, 0.5) is 0 Å². The highest BCUT2D eigenvalue weighted by Gasteiger charge is 2.26. The molecule has 0 aliphatic heterocycles. The number of phosphoric acid groups is 1. The van der Waals surface area contributed by atoms with E-state index in [0.29, 0.717) is 6.61 Å². The van der Waals surface area contributed by atoms with E-state index in [-0.39, 0.29) is 25.6 Å². The van der Waals surface area contributed by atoms with Crippen LogP contribution < -0.4 is 0 Å². The fourth-order valence-corrected chi connectivity index (χ4v) is 6.68. The van der Waals surface area contributed by atoms with E-state index in [9.17, 15) is 19.4 Å². The van der Waals surface area contributed by atoms with Crippen LogP contribution in [0.2, 0.25) is 0 Å². The first-order valence-corrected chi connectivity index (χ1v) is 22.0. The summed E-state index contributed by atoms with van der Waals surface area (Å²) in [6.45, 7) is 3.51. The number of aliphatic hydroxyl groups is 2. The minimum Gasteiger partial charge on any atom is -0.457 e. The molecule has 3 N–H and O–H groups in total. The second kappa shape index (κ2) is 37.2. The molecule has 49 heavy (non-hydrogen) atoms. The van der Waals surface area contributed by atoms with Crippen LogP contribution in [0.15, 0.2) is 0 Å². The lowest BCUT2D eigenvalue weighted by molar-refractivity contribution is -0.154. The third-order valence-electron chi connectivity index (χ3n) is 9.04. The number of hydrogen-bond acceptors (Lipinski definition) is 8. The van der Waals surface area contributed by atoms with E-state index in [2.05, 4.69) is 13.8 Å². The number of carbonyl (C=O) groups excluding carboxylic acids is 1. The maximum atomic E-state index is 12.4. The molecular weight excluding hydrogens is 643 g/mol. The van der Waals surface area contributed by atoms with Gasteiger partial charge in [0.25, 0.3) is 0 Å². The van der Waals surface area contributed by atoms with Crippen LogP contribution in [0, 0.1) is 0 Å². The summed E-state index contributed by atoms with van der Waals surface area (Å²) in [5.74, 6) is -0.385. The summed E-state index contributed by atoms with van der Waals surface area (Å²) in [7, 11) is -4.50. The van der Waals surface area contributed by atoms with Crippen molar-refractivity contribution in [3.63, 3.8) is 0 Å². The van der Waals surface area contributed by atoms with Gasteiger partial charge in [-0.05, 0) is 12.8 Å². The monoisotopic (exact) mass is 723 g/mol. The van der Waals surface area contributed by atoms with Crippen molar-refractivity contribution in [2.75, 3.05) is 33.0 Å². The molecule has 0 aromatic heterocycles. The first-order valence-electron chi connectivity index (χ1n) is 20.5. The van der Waals surface area contributed by atoms with Crippen LogP contribution in [0.5, 0.6) is 0 Å². The van der Waals surface area contributed by atoms with Gasteiger partial charge in [-0.3, -0.25) is 13.8 Å². The van der Waals surface area contributed by atoms with Crippen molar-refractivity contribution < 1.29 is 43.0 Å². The van der Waals surface area contributed by atoms with Crippen LogP contribution in [-0.2, 0) is 27.9 Å². The average Bonchev–Trinajstić information content (AvgIpc) is 3.09. The Bertz CT molecular complexity index is 739. The molecule has 0 aliphatic rings. The van der Waals surface area contributed by atoms with E-state index in [1.165, 1.54) is 148 Å². The fraction of sp³-hybridized carbons (Fsp3) is 0.974. The summed E-state index contributed by atoms with van der Waals surface area (Å²) in [6.07, 6.45) is 33.8. The van der Waals surface area contributed by atoms with Crippen molar-refractivity contribution >= 4 is 13.8 Å². The van der Waals surface area contributed by atoms with Gasteiger partial charge in [0, 0.05) is 13.0 Å². The van der Waals surface area contributed by atoms with Gasteiger partial charge in [-0.1, -0.05) is 181 Å². The SMILES string of the molecule is CCCCCCCCCCCCCCCCCCCCCCCOCC(COP(=O)(O)OCC(O)CO)OC(=O)CCCCCCCCC. The Labute approximate surface area is 301 Å². The molecule has 0 aliphatic carbocycles. The number of ether oxygens (including phenoxy) is 2. The Morgan fingerprint density at radius 1 is 0.551 bits per heavy atom. The van der Waals surface area contributed by atoms with E-state index in [1.807, 2.05) is 0 Å². The zero-order chi connectivity index (χ0) is 36.1. The van der Waals surface area contributed by atoms with Crippen LogP contribution in [-0.4, -0.2) is 66.3 Å². The summed E-state index contributed by atoms with van der Waals surface area (Å²) in [5, 5.41) is 18.3. The van der Waals surface area contributed by atoms with Crippen molar-refractivity contribution in [2.45, 2.75) is 212 Å². The second-order valence-electron chi connectivity index (χ2n) is 14.0. The van der Waals surface area contributed by atoms with Gasteiger partial charge >= 0.3 is 13.8 Å². The summed E-state index contributed by atoms with van der Waals surface area (Å²) >= 11 is 0. The predicted molar refractivity (Wildman–Crippen MR) is 201 cm³/mol. The first kappa shape index (κ1) is 48.5. The molecule has 0 bridgehead atoms. The van der Waals surface area contributed by atoms with Gasteiger partial charge in [-0.25, -0.2) is 4.57 Å². The fourth-order valence-electron chi connectivity index (χ4n) is 5.89. The molecule has 0 heterocycles. The van der Waals surface area contributed by atoms with E-state index < -0.39 is 33.2 Å². The summed E-state index contributed by atoms with van der Waals surface area (Å²) in [6, 6.07) is 0. The molecule has 0 aromatic rings. The van der Waals surface area contributed by atoms with Gasteiger partial charge in [0.1, 0.15) is 12.2 Å². The molecule has 0 spiro atoms. The lowest BCUT2D eigenvalue weighted by Crippen LogP contribution is -2.29. The number of carbonyl (C=O) groups is 1. The molecule has 0 radical (unpaired) electrons. The van der Waals surface area contributed by atoms with Crippen LogP contribution in [0.1, 0.15) is 200 Å². The van der Waals surface area contributed by atoms with Crippen LogP contribution >= 0.6 is 7.82 Å². The summed E-state index contributed by atoms with van der Waals surface area (Å²) in [5.41, 5.74) is 0. The lowest BCUT2D eigenvalue weighted by Gasteiger charge is -2.20. The number of hydrogen-bond donors (Lipinski definition) is 3. The molecule has 0 saturated heterocycles. The molecule has 0 aromatic carbocycles. The molecule has 0 saturated carbocycles.